The molecule has 0 fully saturated rings. The minimum absolute atomic E-state index is 0.819. The Hall–Kier alpha value is -0.820. The van der Waals surface area contributed by atoms with Gasteiger partial charge in [-0.05, 0) is 6.92 Å². The minimum Gasteiger partial charge on any atom is -0.385 e. The van der Waals surface area contributed by atoms with E-state index in [4.69, 9.17) is 0 Å². The first kappa shape index (κ1) is 25.1. The van der Waals surface area contributed by atoms with Gasteiger partial charge in [-0.25, -0.2) is 0 Å². The smallest absolute Gasteiger partial charge is 0.0433 e. The maximum absolute atomic E-state index is 4.54. The summed E-state index contributed by atoms with van der Waals surface area (Å²) in [5.74, 6) is 0. The van der Waals surface area contributed by atoms with Crippen molar-refractivity contribution >= 4 is 0 Å². The third-order valence-electron chi connectivity index (χ3n) is 0.955. The fraction of sp³-hybridized carbons (Fsp3) is 0.625. The Bertz CT molecular complexity index is 109. The van der Waals surface area contributed by atoms with Crippen molar-refractivity contribution in [2.24, 2.45) is 0 Å². The summed E-state index contributed by atoms with van der Waals surface area (Å²) in [5.41, 5.74) is 0. The SMILES string of the molecule is CC.CC.CCC.CCOC.c1ccccc1. The predicted molar refractivity (Wildman–Crippen MR) is 82.7 cm³/mol. The van der Waals surface area contributed by atoms with Crippen LogP contribution in [-0.2, 0) is 4.74 Å². The van der Waals surface area contributed by atoms with Gasteiger partial charge in [0.25, 0.3) is 0 Å². The lowest BCUT2D eigenvalue weighted by molar-refractivity contribution is 0.215. The molecule has 0 radical (unpaired) electrons. The van der Waals surface area contributed by atoms with E-state index in [0.717, 1.165) is 6.61 Å². The third kappa shape index (κ3) is 69.0. The van der Waals surface area contributed by atoms with Crippen molar-refractivity contribution in [2.45, 2.75) is 54.9 Å². The van der Waals surface area contributed by atoms with E-state index in [1.165, 1.54) is 6.42 Å². The molecule has 17 heavy (non-hydrogen) atoms. The zero-order chi connectivity index (χ0) is 14.4. The highest BCUT2D eigenvalue weighted by molar-refractivity contribution is 4.99. The van der Waals surface area contributed by atoms with Gasteiger partial charge >= 0.3 is 0 Å². The Morgan fingerprint density at radius 1 is 0.647 bits per heavy atom. The lowest BCUT2D eigenvalue weighted by Crippen LogP contribution is -1.73. The van der Waals surface area contributed by atoms with Gasteiger partial charge in [0.05, 0.1) is 0 Å². The Morgan fingerprint density at radius 3 is 0.824 bits per heavy atom. The molecule has 0 aliphatic heterocycles. The molecule has 0 saturated carbocycles. The summed E-state index contributed by atoms with van der Waals surface area (Å²) in [6.07, 6.45) is 1.25. The van der Waals surface area contributed by atoms with Crippen LogP contribution in [0.2, 0.25) is 0 Å². The van der Waals surface area contributed by atoms with Crippen LogP contribution in [0.3, 0.4) is 0 Å². The van der Waals surface area contributed by atoms with Crippen LogP contribution in [0.4, 0.5) is 0 Å². The highest BCUT2D eigenvalue weighted by Gasteiger charge is 1.57. The summed E-state index contributed by atoms with van der Waals surface area (Å²) < 4.78 is 4.54. The predicted octanol–water partition coefficient (Wildman–Crippen LogP) is 5.81. The molecule has 1 heteroatoms. The lowest BCUT2D eigenvalue weighted by Gasteiger charge is -1.76. The number of benzene rings is 1. The molecule has 0 spiro atoms. The van der Waals surface area contributed by atoms with Gasteiger partial charge in [0.2, 0.25) is 0 Å². The Balaban J connectivity index is -0.0000000684. The molecular weight excluding hydrogens is 208 g/mol. The van der Waals surface area contributed by atoms with E-state index in [9.17, 15) is 0 Å². The monoisotopic (exact) mass is 242 g/mol. The van der Waals surface area contributed by atoms with Crippen molar-refractivity contribution in [3.8, 4) is 0 Å². The molecule has 0 N–H and O–H groups in total. The molecule has 1 rings (SSSR count). The third-order valence-corrected chi connectivity index (χ3v) is 0.955. The zero-order valence-corrected chi connectivity index (χ0v) is 13.3. The molecule has 0 unspecified atom stereocenters. The van der Waals surface area contributed by atoms with E-state index in [-0.39, 0.29) is 0 Å². The number of ether oxygens (including phenoxy) is 1. The zero-order valence-electron chi connectivity index (χ0n) is 13.3. The summed E-state index contributed by atoms with van der Waals surface area (Å²) in [7, 11) is 1.68. The van der Waals surface area contributed by atoms with E-state index in [1.54, 1.807) is 7.11 Å². The van der Waals surface area contributed by atoms with E-state index >= 15 is 0 Å². The molecule has 1 nitrogen and oxygen atoms in total. The van der Waals surface area contributed by atoms with Gasteiger partial charge in [-0.3, -0.25) is 0 Å². The molecular formula is C16H34O. The lowest BCUT2D eigenvalue weighted by atomic mass is 10.4. The summed E-state index contributed by atoms with van der Waals surface area (Å²) in [6.45, 7) is 15.0. The topological polar surface area (TPSA) is 9.23 Å². The van der Waals surface area contributed by atoms with Gasteiger partial charge in [0.1, 0.15) is 0 Å². The quantitative estimate of drug-likeness (QED) is 0.604. The van der Waals surface area contributed by atoms with Gasteiger partial charge < -0.3 is 4.74 Å². The molecule has 0 atom stereocenters. The van der Waals surface area contributed by atoms with Crippen LogP contribution < -0.4 is 0 Å². The number of hydrogen-bond acceptors (Lipinski definition) is 1. The maximum atomic E-state index is 4.54. The van der Waals surface area contributed by atoms with Crippen LogP contribution >= 0.6 is 0 Å². The highest BCUT2D eigenvalue weighted by Crippen LogP contribution is 1.79. The van der Waals surface area contributed by atoms with Crippen LogP contribution in [0.15, 0.2) is 36.4 Å². The first-order valence-electron chi connectivity index (χ1n) is 6.82. The largest absolute Gasteiger partial charge is 0.385 e. The van der Waals surface area contributed by atoms with Crippen LogP contribution in [0.5, 0.6) is 0 Å². The number of rotatable bonds is 1. The molecule has 0 amide bonds. The van der Waals surface area contributed by atoms with Gasteiger partial charge in [-0.15, -0.1) is 0 Å². The molecule has 0 saturated heterocycles. The van der Waals surface area contributed by atoms with Crippen molar-refractivity contribution in [3.05, 3.63) is 36.4 Å². The average Bonchev–Trinajstić information content (AvgIpc) is 2.46. The van der Waals surface area contributed by atoms with Gasteiger partial charge in [-0.2, -0.15) is 0 Å². The fourth-order valence-corrected chi connectivity index (χ4v) is 0.385. The summed E-state index contributed by atoms with van der Waals surface area (Å²) >= 11 is 0. The van der Waals surface area contributed by atoms with Gasteiger partial charge in [0, 0.05) is 13.7 Å². The molecule has 0 aromatic heterocycles. The number of hydrogen-bond donors (Lipinski definition) is 0. The van der Waals surface area contributed by atoms with Crippen molar-refractivity contribution in [1.29, 1.82) is 0 Å². The molecule has 1 aromatic rings. The van der Waals surface area contributed by atoms with Crippen molar-refractivity contribution < 1.29 is 4.74 Å². The van der Waals surface area contributed by atoms with Crippen molar-refractivity contribution in [2.75, 3.05) is 13.7 Å². The van der Waals surface area contributed by atoms with Gasteiger partial charge in [0.15, 0.2) is 0 Å². The molecule has 0 aliphatic carbocycles. The van der Waals surface area contributed by atoms with E-state index in [2.05, 4.69) is 18.6 Å². The second-order valence-electron chi connectivity index (χ2n) is 2.44. The summed E-state index contributed by atoms with van der Waals surface area (Å²) in [6, 6.07) is 12.0. The van der Waals surface area contributed by atoms with Gasteiger partial charge in [-0.1, -0.05) is 84.4 Å². The molecule has 0 heterocycles. The highest BCUT2D eigenvalue weighted by atomic mass is 16.5. The maximum Gasteiger partial charge on any atom is 0.0433 e. The molecule has 0 aliphatic rings. The van der Waals surface area contributed by atoms with Crippen LogP contribution in [-0.4, -0.2) is 13.7 Å². The summed E-state index contributed by atoms with van der Waals surface area (Å²) in [5, 5.41) is 0. The average molecular weight is 242 g/mol. The van der Waals surface area contributed by atoms with E-state index in [0.29, 0.717) is 0 Å². The molecule has 0 bridgehead atoms. The minimum atomic E-state index is 0.819. The Labute approximate surface area is 110 Å². The Morgan fingerprint density at radius 2 is 0.765 bits per heavy atom. The van der Waals surface area contributed by atoms with Crippen LogP contribution in [0.25, 0.3) is 0 Å². The first-order chi connectivity index (χ1) is 8.33. The normalized spacial score (nSPS) is 6.35. The number of methoxy groups -OCH3 is 1. The molecule has 104 valence electrons. The first-order valence-corrected chi connectivity index (χ1v) is 6.82. The van der Waals surface area contributed by atoms with Crippen molar-refractivity contribution in [1.82, 2.24) is 0 Å². The standard InChI is InChI=1S/C6H6.C3H8O.C3H8.2C2H6/c1-2-4-6-5-3-1;1-3-4-2;1-3-2;2*1-2/h1-6H;3H2,1-2H3;3H2,1-2H3;2*1-2H3. The second kappa shape index (κ2) is 45.6. The molecule has 1 aromatic carbocycles. The summed E-state index contributed by atoms with van der Waals surface area (Å²) in [4.78, 5) is 0. The Kier molecular flexibility index (Phi) is 67.4. The second-order valence-corrected chi connectivity index (χ2v) is 2.44. The van der Waals surface area contributed by atoms with E-state index in [1.807, 2.05) is 71.0 Å². The van der Waals surface area contributed by atoms with Crippen molar-refractivity contribution in [3.63, 3.8) is 0 Å². The van der Waals surface area contributed by atoms with Crippen LogP contribution in [0.1, 0.15) is 54.9 Å². The fourth-order valence-electron chi connectivity index (χ4n) is 0.385. The van der Waals surface area contributed by atoms with E-state index < -0.39 is 0 Å². The van der Waals surface area contributed by atoms with Crippen LogP contribution in [0, 0.1) is 0 Å².